The number of aromatic nitrogens is 1. The molecule has 0 aromatic carbocycles. The molecule has 80 valence electrons. The van der Waals surface area contributed by atoms with Crippen molar-refractivity contribution < 1.29 is 13.9 Å². The minimum Gasteiger partial charge on any atom is -0.381 e. The fourth-order valence-electron chi connectivity index (χ4n) is 1.47. The van der Waals surface area contributed by atoms with Gasteiger partial charge in [0.15, 0.2) is 0 Å². The van der Waals surface area contributed by atoms with Crippen LogP contribution in [0.2, 0.25) is 0 Å². The molecule has 0 radical (unpaired) electrons. The average Bonchev–Trinajstić information content (AvgIpc) is 2.70. The molecule has 4 nitrogen and oxygen atoms in total. The molecule has 1 aliphatic rings. The number of hydrogen-bond donors (Lipinski definition) is 1. The van der Waals surface area contributed by atoms with Crippen molar-refractivity contribution in [1.29, 1.82) is 0 Å². The number of halogens is 1. The highest BCUT2D eigenvalue weighted by Crippen LogP contribution is 2.15. The van der Waals surface area contributed by atoms with Gasteiger partial charge in [-0.2, -0.15) is 0 Å². The van der Waals surface area contributed by atoms with E-state index in [-0.39, 0.29) is 11.8 Å². The van der Waals surface area contributed by atoms with Crippen LogP contribution in [-0.2, 0) is 9.53 Å². The van der Waals surface area contributed by atoms with Gasteiger partial charge in [-0.05, 0) is 6.42 Å². The van der Waals surface area contributed by atoms with Crippen LogP contribution in [0, 0.1) is 11.7 Å². The number of ether oxygens (including phenoxy) is 1. The number of anilines is 1. The topological polar surface area (TPSA) is 51.2 Å². The molecule has 1 amide bonds. The first-order valence-electron chi connectivity index (χ1n) is 4.75. The van der Waals surface area contributed by atoms with Crippen LogP contribution >= 0.6 is 0 Å². The summed E-state index contributed by atoms with van der Waals surface area (Å²) in [5, 5.41) is 2.60. The Balaban J connectivity index is 1.99. The van der Waals surface area contributed by atoms with E-state index < -0.39 is 5.82 Å². The van der Waals surface area contributed by atoms with E-state index in [0.717, 1.165) is 6.20 Å². The molecule has 0 saturated carbocycles. The molecule has 0 bridgehead atoms. The van der Waals surface area contributed by atoms with Crippen molar-refractivity contribution in [1.82, 2.24) is 4.98 Å². The van der Waals surface area contributed by atoms with Crippen molar-refractivity contribution in [2.75, 3.05) is 18.5 Å². The molecule has 1 aliphatic heterocycles. The minimum absolute atomic E-state index is 0.131. The van der Waals surface area contributed by atoms with E-state index in [4.69, 9.17) is 4.74 Å². The predicted octanol–water partition coefficient (Wildman–Crippen LogP) is 1.20. The van der Waals surface area contributed by atoms with Crippen LogP contribution in [0.1, 0.15) is 6.42 Å². The van der Waals surface area contributed by atoms with Crippen molar-refractivity contribution >= 4 is 11.6 Å². The standard InChI is InChI=1S/C10H11FN2O2/c11-8-3-9(5-12-4-8)13-10(14)7-1-2-15-6-7/h3-5,7H,1-2,6H2,(H,13,14). The number of nitrogens with zero attached hydrogens (tertiary/aromatic N) is 1. The maximum absolute atomic E-state index is 12.8. The summed E-state index contributed by atoms with van der Waals surface area (Å²) in [6.45, 7) is 1.05. The predicted molar refractivity (Wildman–Crippen MR) is 51.8 cm³/mol. The summed E-state index contributed by atoms with van der Waals surface area (Å²) in [5.41, 5.74) is 0.381. The van der Waals surface area contributed by atoms with Gasteiger partial charge in [0.05, 0.1) is 30.6 Å². The van der Waals surface area contributed by atoms with Crippen molar-refractivity contribution in [2.45, 2.75) is 6.42 Å². The van der Waals surface area contributed by atoms with E-state index in [1.54, 1.807) is 0 Å². The Morgan fingerprint density at radius 1 is 1.60 bits per heavy atom. The smallest absolute Gasteiger partial charge is 0.229 e. The summed E-state index contributed by atoms with van der Waals surface area (Å²) in [7, 11) is 0. The first kappa shape index (κ1) is 10.0. The van der Waals surface area contributed by atoms with Gasteiger partial charge in [-0.1, -0.05) is 0 Å². The lowest BCUT2D eigenvalue weighted by molar-refractivity contribution is -0.119. The number of pyridine rings is 1. The van der Waals surface area contributed by atoms with Crippen molar-refractivity contribution in [2.24, 2.45) is 5.92 Å². The molecule has 1 saturated heterocycles. The van der Waals surface area contributed by atoms with Gasteiger partial charge in [0.25, 0.3) is 0 Å². The molecule has 15 heavy (non-hydrogen) atoms. The molecule has 1 aromatic heterocycles. The molecule has 2 heterocycles. The first-order valence-corrected chi connectivity index (χ1v) is 4.75. The van der Waals surface area contributed by atoms with Crippen LogP contribution in [0.15, 0.2) is 18.5 Å². The van der Waals surface area contributed by atoms with E-state index >= 15 is 0 Å². The zero-order valence-corrected chi connectivity index (χ0v) is 8.07. The zero-order valence-electron chi connectivity index (χ0n) is 8.07. The molecule has 0 spiro atoms. The van der Waals surface area contributed by atoms with Crippen LogP contribution in [0.4, 0.5) is 10.1 Å². The van der Waals surface area contributed by atoms with Crippen molar-refractivity contribution in [3.05, 3.63) is 24.3 Å². The number of amides is 1. The van der Waals surface area contributed by atoms with Crippen LogP contribution in [0.3, 0.4) is 0 Å². The Hall–Kier alpha value is -1.49. The fraction of sp³-hybridized carbons (Fsp3) is 0.400. The van der Waals surface area contributed by atoms with E-state index in [9.17, 15) is 9.18 Å². The lowest BCUT2D eigenvalue weighted by Gasteiger charge is -2.08. The molecular formula is C10H11FN2O2. The number of rotatable bonds is 2. The number of nitrogens with one attached hydrogen (secondary N) is 1. The highest BCUT2D eigenvalue weighted by Gasteiger charge is 2.23. The Labute approximate surface area is 86.5 Å². The summed E-state index contributed by atoms with van der Waals surface area (Å²) < 4.78 is 17.8. The summed E-state index contributed by atoms with van der Waals surface area (Å²) in [4.78, 5) is 15.2. The largest absolute Gasteiger partial charge is 0.381 e. The maximum atomic E-state index is 12.8. The van der Waals surface area contributed by atoms with Gasteiger partial charge in [-0.25, -0.2) is 4.39 Å². The second kappa shape index (κ2) is 4.35. The molecule has 1 N–H and O–H groups in total. The molecule has 1 fully saturated rings. The Morgan fingerprint density at radius 2 is 2.47 bits per heavy atom. The van der Waals surface area contributed by atoms with Gasteiger partial charge >= 0.3 is 0 Å². The molecule has 1 aromatic rings. The second-order valence-corrected chi connectivity index (χ2v) is 3.44. The monoisotopic (exact) mass is 210 g/mol. The maximum Gasteiger partial charge on any atom is 0.229 e. The number of carbonyl (C=O) groups excluding carboxylic acids is 1. The highest BCUT2D eigenvalue weighted by atomic mass is 19.1. The number of hydrogen-bond acceptors (Lipinski definition) is 3. The second-order valence-electron chi connectivity index (χ2n) is 3.44. The Bertz CT molecular complexity index is 364. The third-order valence-electron chi connectivity index (χ3n) is 2.27. The molecule has 5 heteroatoms. The molecule has 1 unspecified atom stereocenters. The van der Waals surface area contributed by atoms with Gasteiger partial charge in [-0.15, -0.1) is 0 Å². The van der Waals surface area contributed by atoms with E-state index in [1.807, 2.05) is 0 Å². The summed E-state index contributed by atoms with van der Waals surface area (Å²) in [6.07, 6.45) is 3.22. The summed E-state index contributed by atoms with van der Waals surface area (Å²) in [5.74, 6) is -0.733. The van der Waals surface area contributed by atoms with Crippen molar-refractivity contribution in [3.63, 3.8) is 0 Å². The first-order chi connectivity index (χ1) is 7.25. The summed E-state index contributed by atoms with van der Waals surface area (Å²) in [6, 6.07) is 1.24. The molecule has 1 atom stereocenters. The van der Waals surface area contributed by atoms with Crippen LogP contribution < -0.4 is 5.32 Å². The van der Waals surface area contributed by atoms with E-state index in [0.29, 0.717) is 25.3 Å². The quantitative estimate of drug-likeness (QED) is 0.797. The van der Waals surface area contributed by atoms with Crippen LogP contribution in [0.25, 0.3) is 0 Å². The lowest BCUT2D eigenvalue weighted by atomic mass is 10.1. The Morgan fingerprint density at radius 3 is 3.13 bits per heavy atom. The fourth-order valence-corrected chi connectivity index (χ4v) is 1.47. The van der Waals surface area contributed by atoms with Crippen molar-refractivity contribution in [3.8, 4) is 0 Å². The molecule has 0 aliphatic carbocycles. The lowest BCUT2D eigenvalue weighted by Crippen LogP contribution is -2.22. The SMILES string of the molecule is O=C(Nc1cncc(F)c1)C1CCOC1. The van der Waals surface area contributed by atoms with Gasteiger partial charge in [-0.3, -0.25) is 9.78 Å². The third-order valence-corrected chi connectivity index (χ3v) is 2.27. The average molecular weight is 210 g/mol. The van der Waals surface area contributed by atoms with E-state index in [2.05, 4.69) is 10.3 Å². The van der Waals surface area contributed by atoms with Crippen LogP contribution in [-0.4, -0.2) is 24.1 Å². The third kappa shape index (κ3) is 2.50. The number of carbonyl (C=O) groups is 1. The molecular weight excluding hydrogens is 199 g/mol. The van der Waals surface area contributed by atoms with Gasteiger partial charge in [0, 0.05) is 12.7 Å². The van der Waals surface area contributed by atoms with Gasteiger partial charge in [0.1, 0.15) is 5.82 Å². The normalized spacial score (nSPS) is 20.2. The molecule has 2 rings (SSSR count). The van der Waals surface area contributed by atoms with Crippen LogP contribution in [0.5, 0.6) is 0 Å². The Kier molecular flexibility index (Phi) is 2.91. The zero-order chi connectivity index (χ0) is 10.7. The van der Waals surface area contributed by atoms with Gasteiger partial charge in [0.2, 0.25) is 5.91 Å². The highest BCUT2D eigenvalue weighted by molar-refractivity contribution is 5.92. The van der Waals surface area contributed by atoms with Gasteiger partial charge < -0.3 is 10.1 Å². The minimum atomic E-state index is -0.463. The van der Waals surface area contributed by atoms with E-state index in [1.165, 1.54) is 12.3 Å². The summed E-state index contributed by atoms with van der Waals surface area (Å²) >= 11 is 0.